The fraction of sp³-hybridized carbons (Fsp3) is 0.276. The lowest BCUT2D eigenvalue weighted by Gasteiger charge is -2.30. The second kappa shape index (κ2) is 10.0. The number of thiazole rings is 1. The number of hydrogen-bond acceptors (Lipinski definition) is 4. The minimum absolute atomic E-state index is 0.0699. The van der Waals surface area contributed by atoms with Crippen LogP contribution in [0.3, 0.4) is 0 Å². The molecule has 35 heavy (non-hydrogen) atoms. The Bertz CT molecular complexity index is 1350. The van der Waals surface area contributed by atoms with Gasteiger partial charge < -0.3 is 10.2 Å². The van der Waals surface area contributed by atoms with Gasteiger partial charge in [-0.15, -0.1) is 11.3 Å². The molecule has 1 saturated heterocycles. The number of fused-ring (bicyclic) bond motifs is 1. The van der Waals surface area contributed by atoms with Crippen molar-refractivity contribution in [3.05, 3.63) is 88.7 Å². The van der Waals surface area contributed by atoms with Crippen molar-refractivity contribution in [2.75, 3.05) is 7.05 Å². The lowest BCUT2D eigenvalue weighted by molar-refractivity contribution is -0.131. The van der Waals surface area contributed by atoms with E-state index in [0.29, 0.717) is 25.8 Å². The smallest absolute Gasteiger partial charge is 0.222 e. The summed E-state index contributed by atoms with van der Waals surface area (Å²) >= 11 is 1.57. The van der Waals surface area contributed by atoms with Gasteiger partial charge in [0.25, 0.3) is 0 Å². The molecule has 0 spiro atoms. The second-order valence-corrected chi connectivity index (χ2v) is 10.4. The monoisotopic (exact) mass is 483 g/mol. The Kier molecular flexibility index (Phi) is 6.64. The molecule has 0 bridgehead atoms. The Morgan fingerprint density at radius 3 is 2.60 bits per heavy atom. The van der Waals surface area contributed by atoms with Gasteiger partial charge in [0.15, 0.2) is 0 Å². The van der Waals surface area contributed by atoms with Crippen LogP contribution >= 0.6 is 11.3 Å². The van der Waals surface area contributed by atoms with Crippen LogP contribution in [0.25, 0.3) is 22.0 Å². The average molecular weight is 484 g/mol. The summed E-state index contributed by atoms with van der Waals surface area (Å²) in [6.07, 6.45) is 3.01. The summed E-state index contributed by atoms with van der Waals surface area (Å²) in [5.41, 5.74) is 2.83. The zero-order chi connectivity index (χ0) is 24.3. The Labute approximate surface area is 209 Å². The number of hydrogen-bond donors (Lipinski definition) is 1. The number of rotatable bonds is 8. The number of nitrogens with one attached hydrogen (secondary N) is 1. The Hall–Kier alpha value is -3.51. The maximum atomic E-state index is 13.0. The summed E-state index contributed by atoms with van der Waals surface area (Å²) in [7, 11) is 1.83. The van der Waals surface area contributed by atoms with Gasteiger partial charge in [0.1, 0.15) is 5.01 Å². The van der Waals surface area contributed by atoms with E-state index < -0.39 is 0 Å². The van der Waals surface area contributed by atoms with E-state index in [4.69, 9.17) is 4.98 Å². The fourth-order valence-corrected chi connectivity index (χ4v) is 5.73. The standard InChI is InChI=1S/C29H29N3O2S/c1-32(19-27-30-25(20-35-27)23-8-3-2-4-9-23)28(34)14-16-29(15-13-26(33)31-29)18-21-11-12-22-7-5-6-10-24(22)17-21/h2-12,17,20H,13-16,18-19H2,1H3,(H,31,33)/t29-/m1/s1. The van der Waals surface area contributed by atoms with E-state index in [1.54, 1.807) is 16.2 Å². The molecule has 1 aliphatic rings. The largest absolute Gasteiger partial charge is 0.350 e. The Balaban J connectivity index is 1.23. The molecule has 1 aliphatic heterocycles. The summed E-state index contributed by atoms with van der Waals surface area (Å²) < 4.78 is 0. The molecule has 2 heterocycles. The maximum absolute atomic E-state index is 13.0. The van der Waals surface area contributed by atoms with E-state index in [1.165, 1.54) is 16.3 Å². The molecular weight excluding hydrogens is 454 g/mol. The molecule has 6 heteroatoms. The van der Waals surface area contributed by atoms with Crippen molar-refractivity contribution in [2.24, 2.45) is 0 Å². The maximum Gasteiger partial charge on any atom is 0.222 e. The molecule has 5 nitrogen and oxygen atoms in total. The zero-order valence-electron chi connectivity index (χ0n) is 19.9. The summed E-state index contributed by atoms with van der Waals surface area (Å²) in [6, 6.07) is 24.8. The summed E-state index contributed by atoms with van der Waals surface area (Å²) in [5.74, 6) is 0.142. The number of nitrogens with zero attached hydrogens (tertiary/aromatic N) is 2. The lowest BCUT2D eigenvalue weighted by atomic mass is 9.84. The van der Waals surface area contributed by atoms with E-state index in [9.17, 15) is 9.59 Å². The first-order valence-electron chi connectivity index (χ1n) is 12.0. The van der Waals surface area contributed by atoms with E-state index >= 15 is 0 Å². The van der Waals surface area contributed by atoms with Crippen molar-refractivity contribution in [1.82, 2.24) is 15.2 Å². The second-order valence-electron chi connectivity index (χ2n) is 9.43. The van der Waals surface area contributed by atoms with Crippen LogP contribution in [-0.4, -0.2) is 34.3 Å². The van der Waals surface area contributed by atoms with Gasteiger partial charge in [0.05, 0.1) is 12.2 Å². The van der Waals surface area contributed by atoms with E-state index in [0.717, 1.165) is 29.1 Å². The molecular formula is C29H29N3O2S. The SMILES string of the molecule is CN(Cc1nc(-c2ccccc2)cs1)C(=O)CC[C@@]1(Cc2ccc3ccccc3c2)CCC(=O)N1. The highest BCUT2D eigenvalue weighted by Gasteiger charge is 2.38. The predicted octanol–water partition coefficient (Wildman–Crippen LogP) is 5.59. The highest BCUT2D eigenvalue weighted by molar-refractivity contribution is 7.09. The van der Waals surface area contributed by atoms with Crippen molar-refractivity contribution in [2.45, 2.75) is 44.2 Å². The summed E-state index contributed by atoms with van der Waals surface area (Å²) in [5, 5.41) is 8.56. The lowest BCUT2D eigenvalue weighted by Crippen LogP contribution is -2.44. The normalized spacial score (nSPS) is 17.5. The van der Waals surface area contributed by atoms with Crippen LogP contribution in [0.15, 0.2) is 78.2 Å². The molecule has 0 unspecified atom stereocenters. The molecule has 3 aromatic carbocycles. The predicted molar refractivity (Wildman–Crippen MR) is 141 cm³/mol. The first kappa shape index (κ1) is 23.2. The van der Waals surface area contributed by atoms with Gasteiger partial charge in [-0.25, -0.2) is 4.98 Å². The van der Waals surface area contributed by atoms with Crippen LogP contribution in [-0.2, 0) is 22.6 Å². The molecule has 0 saturated carbocycles. The topological polar surface area (TPSA) is 62.3 Å². The first-order chi connectivity index (χ1) is 17.0. The minimum atomic E-state index is -0.377. The van der Waals surface area contributed by atoms with Crippen LogP contribution in [0.5, 0.6) is 0 Å². The third-order valence-electron chi connectivity index (χ3n) is 6.83. The Morgan fingerprint density at radius 1 is 1.06 bits per heavy atom. The molecule has 178 valence electrons. The van der Waals surface area contributed by atoms with Crippen LogP contribution in [0, 0.1) is 0 Å². The quantitative estimate of drug-likeness (QED) is 0.355. The summed E-state index contributed by atoms with van der Waals surface area (Å²) in [4.78, 5) is 31.7. The number of aromatic nitrogens is 1. The molecule has 1 aromatic heterocycles. The molecule has 1 fully saturated rings. The first-order valence-corrected chi connectivity index (χ1v) is 12.9. The number of amides is 2. The van der Waals surface area contributed by atoms with Gasteiger partial charge in [-0.3, -0.25) is 9.59 Å². The highest BCUT2D eigenvalue weighted by Crippen LogP contribution is 2.31. The van der Waals surface area contributed by atoms with Crippen molar-refractivity contribution < 1.29 is 9.59 Å². The molecule has 4 aromatic rings. The molecule has 2 amide bonds. The van der Waals surface area contributed by atoms with Crippen molar-refractivity contribution in [3.8, 4) is 11.3 Å². The van der Waals surface area contributed by atoms with Gasteiger partial charge in [0.2, 0.25) is 11.8 Å². The highest BCUT2D eigenvalue weighted by atomic mass is 32.1. The third kappa shape index (κ3) is 5.43. The van der Waals surface area contributed by atoms with E-state index in [1.807, 2.05) is 54.9 Å². The molecule has 1 atom stereocenters. The third-order valence-corrected chi connectivity index (χ3v) is 7.66. The van der Waals surface area contributed by atoms with E-state index in [2.05, 4.69) is 35.6 Å². The number of carbonyl (C=O) groups excluding carboxylic acids is 2. The molecule has 0 aliphatic carbocycles. The Morgan fingerprint density at radius 2 is 1.83 bits per heavy atom. The molecule has 5 rings (SSSR count). The minimum Gasteiger partial charge on any atom is -0.350 e. The van der Waals surface area contributed by atoms with Gasteiger partial charge in [-0.05, 0) is 35.6 Å². The van der Waals surface area contributed by atoms with Crippen LogP contribution in [0.1, 0.15) is 36.3 Å². The van der Waals surface area contributed by atoms with Crippen LogP contribution in [0.2, 0.25) is 0 Å². The average Bonchev–Trinajstić information content (AvgIpc) is 3.49. The molecule has 0 radical (unpaired) electrons. The van der Waals surface area contributed by atoms with E-state index in [-0.39, 0.29) is 17.4 Å². The van der Waals surface area contributed by atoms with Gasteiger partial charge >= 0.3 is 0 Å². The number of carbonyl (C=O) groups is 2. The van der Waals surface area contributed by atoms with Crippen molar-refractivity contribution >= 4 is 33.9 Å². The van der Waals surface area contributed by atoms with Crippen LogP contribution in [0.4, 0.5) is 0 Å². The fourth-order valence-electron chi connectivity index (χ4n) is 4.87. The number of benzene rings is 3. The van der Waals surface area contributed by atoms with Crippen molar-refractivity contribution in [1.29, 1.82) is 0 Å². The van der Waals surface area contributed by atoms with Gasteiger partial charge in [0, 0.05) is 36.4 Å². The van der Waals surface area contributed by atoms with Crippen molar-refractivity contribution in [3.63, 3.8) is 0 Å². The van der Waals surface area contributed by atoms with Gasteiger partial charge in [-0.2, -0.15) is 0 Å². The molecule has 1 N–H and O–H groups in total. The van der Waals surface area contributed by atoms with Crippen LogP contribution < -0.4 is 5.32 Å². The zero-order valence-corrected chi connectivity index (χ0v) is 20.7. The summed E-state index contributed by atoms with van der Waals surface area (Å²) in [6.45, 7) is 0.486. The van der Waals surface area contributed by atoms with Gasteiger partial charge in [-0.1, -0.05) is 72.8 Å².